The second-order valence-electron chi connectivity index (χ2n) is 5.75. The van der Waals surface area contributed by atoms with Gasteiger partial charge in [0.25, 0.3) is 0 Å². The van der Waals surface area contributed by atoms with Gasteiger partial charge in [-0.15, -0.1) is 11.3 Å². The Balaban J connectivity index is 2.45. The summed E-state index contributed by atoms with van der Waals surface area (Å²) in [6.07, 6.45) is 5.11. The number of nitrogens with one attached hydrogen (secondary N) is 1. The largest absolute Gasteiger partial charge is 0.308 e. The lowest BCUT2D eigenvalue weighted by molar-refractivity contribution is 0.254. The number of hydrogen-bond acceptors (Lipinski definition) is 4. The third-order valence-electron chi connectivity index (χ3n) is 3.30. The van der Waals surface area contributed by atoms with E-state index in [2.05, 4.69) is 43.3 Å². The fourth-order valence-electron chi connectivity index (χ4n) is 2.06. The first-order valence-corrected chi connectivity index (χ1v) is 8.92. The van der Waals surface area contributed by atoms with Crippen LogP contribution < -0.4 is 5.32 Å². The minimum absolute atomic E-state index is 0.521. The Morgan fingerprint density at radius 1 is 1.20 bits per heavy atom. The normalized spacial score (nSPS) is 11.7. The van der Waals surface area contributed by atoms with E-state index in [1.807, 2.05) is 0 Å². The maximum absolute atomic E-state index is 4.75. The molecule has 1 aromatic rings. The predicted octanol–water partition coefficient (Wildman–Crippen LogP) is 4.04. The van der Waals surface area contributed by atoms with Gasteiger partial charge in [0.05, 0.1) is 5.69 Å². The zero-order valence-electron chi connectivity index (χ0n) is 13.6. The first-order chi connectivity index (χ1) is 9.65. The number of unbranched alkanes of at least 4 members (excludes halogenated alkanes) is 2. The van der Waals surface area contributed by atoms with Crippen molar-refractivity contribution in [3.63, 3.8) is 0 Å². The third kappa shape index (κ3) is 7.36. The van der Waals surface area contributed by atoms with E-state index in [1.165, 1.54) is 49.5 Å². The Hall–Kier alpha value is -0.450. The van der Waals surface area contributed by atoms with Crippen LogP contribution in [0.2, 0.25) is 0 Å². The van der Waals surface area contributed by atoms with Crippen molar-refractivity contribution in [2.45, 2.75) is 72.5 Å². The van der Waals surface area contributed by atoms with Gasteiger partial charge in [0.15, 0.2) is 0 Å². The molecule has 0 saturated heterocycles. The molecular weight excluding hydrogens is 266 g/mol. The highest BCUT2D eigenvalue weighted by atomic mass is 32.1. The van der Waals surface area contributed by atoms with Crippen molar-refractivity contribution in [3.8, 4) is 0 Å². The van der Waals surface area contributed by atoms with Crippen molar-refractivity contribution < 1.29 is 0 Å². The highest BCUT2D eigenvalue weighted by Crippen LogP contribution is 2.13. The van der Waals surface area contributed by atoms with Crippen LogP contribution in [-0.2, 0) is 13.1 Å². The van der Waals surface area contributed by atoms with Gasteiger partial charge in [-0.05, 0) is 25.9 Å². The maximum Gasteiger partial charge on any atom is 0.107 e. The van der Waals surface area contributed by atoms with Gasteiger partial charge < -0.3 is 5.32 Å². The summed E-state index contributed by atoms with van der Waals surface area (Å²) in [7, 11) is 0. The summed E-state index contributed by atoms with van der Waals surface area (Å²) in [4.78, 5) is 7.31. The van der Waals surface area contributed by atoms with Gasteiger partial charge in [0, 0.05) is 24.5 Å². The topological polar surface area (TPSA) is 28.2 Å². The molecule has 0 atom stereocenters. The second kappa shape index (κ2) is 10.3. The van der Waals surface area contributed by atoms with E-state index in [-0.39, 0.29) is 0 Å². The molecule has 20 heavy (non-hydrogen) atoms. The summed E-state index contributed by atoms with van der Waals surface area (Å²) in [5.74, 6) is 0. The summed E-state index contributed by atoms with van der Waals surface area (Å²) in [6.45, 7) is 13.2. The summed E-state index contributed by atoms with van der Waals surface area (Å²) in [5, 5.41) is 6.86. The Morgan fingerprint density at radius 3 is 2.40 bits per heavy atom. The van der Waals surface area contributed by atoms with Gasteiger partial charge >= 0.3 is 0 Å². The molecule has 1 N–H and O–H groups in total. The molecule has 0 radical (unpaired) electrons. The standard InChI is InChI=1S/C16H31N3S/c1-5-7-9-19(10-8-6-2)12-15-13-20-16(18-15)11-17-14(3)4/h13-14,17H,5-12H2,1-4H3. The molecule has 0 saturated carbocycles. The summed E-state index contributed by atoms with van der Waals surface area (Å²) in [6, 6.07) is 0.521. The third-order valence-corrected chi connectivity index (χ3v) is 4.20. The number of rotatable bonds is 11. The minimum Gasteiger partial charge on any atom is -0.308 e. The quantitative estimate of drug-likeness (QED) is 0.668. The van der Waals surface area contributed by atoms with E-state index in [0.717, 1.165) is 13.1 Å². The average molecular weight is 298 g/mol. The van der Waals surface area contributed by atoms with Crippen LogP contribution in [0.15, 0.2) is 5.38 Å². The molecule has 0 aliphatic rings. The fraction of sp³-hybridized carbons (Fsp3) is 0.812. The van der Waals surface area contributed by atoms with Crippen molar-refractivity contribution in [1.82, 2.24) is 15.2 Å². The Labute approximate surface area is 128 Å². The minimum atomic E-state index is 0.521. The van der Waals surface area contributed by atoms with E-state index in [4.69, 9.17) is 4.98 Å². The van der Waals surface area contributed by atoms with Crippen LogP contribution in [0.4, 0.5) is 0 Å². The van der Waals surface area contributed by atoms with E-state index >= 15 is 0 Å². The Bertz CT molecular complexity index is 341. The molecule has 0 fully saturated rings. The molecule has 4 heteroatoms. The molecule has 1 rings (SSSR count). The van der Waals surface area contributed by atoms with Gasteiger partial charge in [0.1, 0.15) is 5.01 Å². The maximum atomic E-state index is 4.75. The number of nitrogens with zero attached hydrogens (tertiary/aromatic N) is 2. The van der Waals surface area contributed by atoms with Gasteiger partial charge in [-0.2, -0.15) is 0 Å². The van der Waals surface area contributed by atoms with Crippen LogP contribution in [0.3, 0.4) is 0 Å². The first-order valence-electron chi connectivity index (χ1n) is 8.04. The SMILES string of the molecule is CCCCN(CCCC)Cc1csc(CNC(C)C)n1. The second-order valence-corrected chi connectivity index (χ2v) is 6.69. The molecule has 0 unspecified atom stereocenters. The van der Waals surface area contributed by atoms with Crippen molar-refractivity contribution >= 4 is 11.3 Å². The smallest absolute Gasteiger partial charge is 0.107 e. The molecule has 1 aromatic heterocycles. The molecule has 0 spiro atoms. The molecule has 0 bridgehead atoms. The van der Waals surface area contributed by atoms with Crippen molar-refractivity contribution in [3.05, 3.63) is 16.1 Å². The van der Waals surface area contributed by atoms with Crippen LogP contribution in [-0.4, -0.2) is 29.0 Å². The van der Waals surface area contributed by atoms with Crippen molar-refractivity contribution in [2.24, 2.45) is 0 Å². The Kier molecular flexibility index (Phi) is 9.07. The number of thiazole rings is 1. The molecular formula is C16H31N3S. The fourth-order valence-corrected chi connectivity index (χ4v) is 2.79. The predicted molar refractivity (Wildman–Crippen MR) is 89.2 cm³/mol. The summed E-state index contributed by atoms with van der Waals surface area (Å²) < 4.78 is 0. The van der Waals surface area contributed by atoms with Crippen molar-refractivity contribution in [2.75, 3.05) is 13.1 Å². The van der Waals surface area contributed by atoms with Crippen molar-refractivity contribution in [1.29, 1.82) is 0 Å². The van der Waals surface area contributed by atoms with Crippen LogP contribution >= 0.6 is 11.3 Å². The van der Waals surface area contributed by atoms with Crippen LogP contribution in [0.1, 0.15) is 64.1 Å². The van der Waals surface area contributed by atoms with Crippen LogP contribution in [0.25, 0.3) is 0 Å². The van der Waals surface area contributed by atoms with E-state index < -0.39 is 0 Å². The lowest BCUT2D eigenvalue weighted by Gasteiger charge is -2.20. The van der Waals surface area contributed by atoms with Gasteiger partial charge in [-0.1, -0.05) is 40.5 Å². The lowest BCUT2D eigenvalue weighted by Crippen LogP contribution is -2.26. The monoisotopic (exact) mass is 297 g/mol. The molecule has 0 aromatic carbocycles. The molecule has 0 aliphatic heterocycles. The molecule has 3 nitrogen and oxygen atoms in total. The Morgan fingerprint density at radius 2 is 1.85 bits per heavy atom. The van der Waals surface area contributed by atoms with Gasteiger partial charge in [-0.3, -0.25) is 4.90 Å². The zero-order valence-corrected chi connectivity index (χ0v) is 14.4. The van der Waals surface area contributed by atoms with Gasteiger partial charge in [-0.25, -0.2) is 4.98 Å². The summed E-state index contributed by atoms with van der Waals surface area (Å²) in [5.41, 5.74) is 1.24. The lowest BCUT2D eigenvalue weighted by atomic mass is 10.2. The van der Waals surface area contributed by atoms with E-state index in [0.29, 0.717) is 6.04 Å². The van der Waals surface area contributed by atoms with E-state index in [1.54, 1.807) is 11.3 Å². The van der Waals surface area contributed by atoms with Crippen LogP contribution in [0, 0.1) is 0 Å². The highest BCUT2D eigenvalue weighted by Gasteiger charge is 2.08. The number of aromatic nitrogens is 1. The molecule has 116 valence electrons. The van der Waals surface area contributed by atoms with Crippen LogP contribution in [0.5, 0.6) is 0 Å². The summed E-state index contributed by atoms with van der Waals surface area (Å²) >= 11 is 1.78. The molecule has 1 heterocycles. The molecule has 0 aliphatic carbocycles. The molecule has 0 amide bonds. The van der Waals surface area contributed by atoms with Gasteiger partial charge in [0.2, 0.25) is 0 Å². The highest BCUT2D eigenvalue weighted by molar-refractivity contribution is 7.09. The first kappa shape index (κ1) is 17.6. The van der Waals surface area contributed by atoms with E-state index in [9.17, 15) is 0 Å². The zero-order chi connectivity index (χ0) is 14.8. The number of hydrogen-bond donors (Lipinski definition) is 1. The average Bonchev–Trinajstić information content (AvgIpc) is 2.87.